The van der Waals surface area contributed by atoms with E-state index in [1.165, 1.54) is 24.0 Å². The van der Waals surface area contributed by atoms with Gasteiger partial charge in [0, 0.05) is 17.3 Å². The van der Waals surface area contributed by atoms with Crippen LogP contribution in [-0.4, -0.2) is 20.0 Å². The lowest BCUT2D eigenvalue weighted by atomic mass is 9.88. The summed E-state index contributed by atoms with van der Waals surface area (Å²) in [7, 11) is 0. The average Bonchev–Trinajstić information content (AvgIpc) is 3.30. The van der Waals surface area contributed by atoms with Gasteiger partial charge in [-0.1, -0.05) is 86.2 Å². The van der Waals surface area contributed by atoms with E-state index in [0.29, 0.717) is 0 Å². The van der Waals surface area contributed by atoms with Crippen molar-refractivity contribution < 1.29 is 0 Å². The van der Waals surface area contributed by atoms with Gasteiger partial charge in [-0.2, -0.15) is 0 Å². The summed E-state index contributed by atoms with van der Waals surface area (Å²) < 4.78 is 1.85. The van der Waals surface area contributed by atoms with Crippen LogP contribution >= 0.6 is 0 Å². The summed E-state index contributed by atoms with van der Waals surface area (Å²) >= 11 is 0. The summed E-state index contributed by atoms with van der Waals surface area (Å²) in [6.45, 7) is 10.6. The van der Waals surface area contributed by atoms with Crippen molar-refractivity contribution in [2.45, 2.75) is 39.0 Å². The van der Waals surface area contributed by atoms with Gasteiger partial charge in [0.25, 0.3) is 0 Å². The predicted octanol–water partition coefficient (Wildman–Crippen LogP) is 7.27. The largest absolute Gasteiger partial charge is 0.256 e. The van der Waals surface area contributed by atoms with Gasteiger partial charge in [-0.15, -0.1) is 5.10 Å². The first kappa shape index (κ1) is 22.0. The number of pyridine rings is 1. The normalized spacial score (nSPS) is 19.4. The third kappa shape index (κ3) is 4.24. The van der Waals surface area contributed by atoms with E-state index in [1.54, 1.807) is 0 Å². The van der Waals surface area contributed by atoms with Crippen LogP contribution in [0.1, 0.15) is 44.7 Å². The van der Waals surface area contributed by atoms with Crippen molar-refractivity contribution >= 4 is 6.08 Å². The Hall–Kier alpha value is -3.79. The highest BCUT2D eigenvalue weighted by atomic mass is 15.4. The van der Waals surface area contributed by atoms with Crippen LogP contribution in [0.25, 0.3) is 34.3 Å². The van der Waals surface area contributed by atoms with E-state index < -0.39 is 0 Å². The van der Waals surface area contributed by atoms with Gasteiger partial charge in [0.15, 0.2) is 0 Å². The molecule has 2 atom stereocenters. The molecule has 2 unspecified atom stereocenters. The maximum absolute atomic E-state index is 4.67. The quantitative estimate of drug-likeness (QED) is 0.280. The molecule has 1 saturated carbocycles. The molecule has 2 aromatic carbocycles. The van der Waals surface area contributed by atoms with Gasteiger partial charge in [0.05, 0.1) is 17.6 Å². The molecule has 170 valence electrons. The van der Waals surface area contributed by atoms with Crippen LogP contribution in [0.15, 0.2) is 91.3 Å². The van der Waals surface area contributed by atoms with E-state index in [0.717, 1.165) is 39.7 Å². The van der Waals surface area contributed by atoms with E-state index in [-0.39, 0.29) is 5.41 Å². The fraction of sp³-hybridized carbons (Fsp3) is 0.233. The van der Waals surface area contributed by atoms with Crippen LogP contribution in [0.3, 0.4) is 0 Å². The van der Waals surface area contributed by atoms with Crippen molar-refractivity contribution in [2.24, 2.45) is 5.92 Å². The molecule has 2 aromatic heterocycles. The number of hydrogen-bond acceptors (Lipinski definition) is 3. The van der Waals surface area contributed by atoms with Gasteiger partial charge in [-0.3, -0.25) is 4.98 Å². The molecule has 0 aliphatic heterocycles. The second kappa shape index (κ2) is 8.86. The topological polar surface area (TPSA) is 43.6 Å². The molecule has 0 radical (unpaired) electrons. The van der Waals surface area contributed by atoms with Gasteiger partial charge in [0.1, 0.15) is 5.69 Å². The van der Waals surface area contributed by atoms with E-state index >= 15 is 0 Å². The molecule has 1 aliphatic carbocycles. The minimum absolute atomic E-state index is 0.216. The molecule has 0 bridgehead atoms. The van der Waals surface area contributed by atoms with Crippen molar-refractivity contribution in [1.29, 1.82) is 0 Å². The Labute approximate surface area is 201 Å². The molecule has 1 fully saturated rings. The van der Waals surface area contributed by atoms with E-state index in [1.807, 2.05) is 42.2 Å². The second-order valence-electron chi connectivity index (χ2n) is 9.52. The van der Waals surface area contributed by atoms with Crippen LogP contribution in [-0.2, 0) is 5.41 Å². The van der Waals surface area contributed by atoms with Crippen LogP contribution in [0, 0.1) is 5.92 Å². The highest BCUT2D eigenvalue weighted by molar-refractivity contribution is 5.70. The molecule has 0 saturated heterocycles. The summed E-state index contributed by atoms with van der Waals surface area (Å²) in [5.41, 5.74) is 8.81. The van der Waals surface area contributed by atoms with Crippen LogP contribution < -0.4 is 0 Å². The minimum Gasteiger partial charge on any atom is -0.256 e. The Bertz CT molecular complexity index is 1350. The van der Waals surface area contributed by atoms with Gasteiger partial charge in [0.2, 0.25) is 0 Å². The van der Waals surface area contributed by atoms with E-state index in [2.05, 4.69) is 90.3 Å². The number of benzene rings is 2. The number of hydrogen-bond donors (Lipinski definition) is 0. The molecule has 0 N–H and O–H groups in total. The summed E-state index contributed by atoms with van der Waals surface area (Å²) in [4.78, 5) is 4.67. The lowest BCUT2D eigenvalue weighted by Gasteiger charge is -2.18. The van der Waals surface area contributed by atoms with E-state index in [9.17, 15) is 0 Å². The van der Waals surface area contributed by atoms with Crippen molar-refractivity contribution in [3.05, 3.63) is 102 Å². The third-order valence-corrected chi connectivity index (χ3v) is 6.99. The summed E-state index contributed by atoms with van der Waals surface area (Å²) in [6.07, 6.45) is 10.4. The Morgan fingerprint density at radius 1 is 1.12 bits per heavy atom. The summed E-state index contributed by atoms with van der Waals surface area (Å²) in [6, 6.07) is 21.1. The molecule has 4 aromatic rings. The first-order chi connectivity index (χ1) is 16.5. The number of nitrogens with zero attached hydrogens (tertiary/aromatic N) is 4. The third-order valence-electron chi connectivity index (χ3n) is 6.99. The van der Waals surface area contributed by atoms with Crippen LogP contribution in [0.4, 0.5) is 0 Å². The molecule has 2 heterocycles. The Morgan fingerprint density at radius 3 is 2.62 bits per heavy atom. The first-order valence-electron chi connectivity index (χ1n) is 11.9. The minimum atomic E-state index is 0.216. The molecular weight excluding hydrogens is 416 g/mol. The van der Waals surface area contributed by atoms with Crippen molar-refractivity contribution in [3.8, 4) is 28.2 Å². The number of rotatable bonds is 7. The molecule has 1 aliphatic rings. The molecule has 0 amide bonds. The molecule has 4 heteroatoms. The van der Waals surface area contributed by atoms with Gasteiger partial charge in [-0.25, -0.2) is 4.68 Å². The molecule has 4 nitrogen and oxygen atoms in total. The van der Waals surface area contributed by atoms with Crippen molar-refractivity contribution in [2.75, 3.05) is 0 Å². The first-order valence-corrected chi connectivity index (χ1v) is 11.9. The zero-order chi connectivity index (χ0) is 23.7. The highest BCUT2D eigenvalue weighted by Crippen LogP contribution is 2.57. The Morgan fingerprint density at radius 2 is 1.94 bits per heavy atom. The maximum Gasteiger partial charge on any atom is 0.113 e. The van der Waals surface area contributed by atoms with Gasteiger partial charge < -0.3 is 0 Å². The Balaban J connectivity index is 1.48. The lowest BCUT2D eigenvalue weighted by molar-refractivity contribution is 0.643. The monoisotopic (exact) mass is 446 g/mol. The van der Waals surface area contributed by atoms with Crippen molar-refractivity contribution in [3.63, 3.8) is 0 Å². The van der Waals surface area contributed by atoms with E-state index in [4.69, 9.17) is 0 Å². The summed E-state index contributed by atoms with van der Waals surface area (Å²) in [5.74, 6) is 0.729. The van der Waals surface area contributed by atoms with Gasteiger partial charge >= 0.3 is 0 Å². The molecule has 34 heavy (non-hydrogen) atoms. The maximum atomic E-state index is 4.67. The SMILES string of the molecule is C=C(C)/C=C/c1ccc(-c2cn(-c3ccc(C4(C)CC4CC)c(-c4ccccn4)c3)nn2)cc1. The van der Waals surface area contributed by atoms with Crippen LogP contribution in [0.2, 0.25) is 0 Å². The standard InChI is InChI=1S/C30H30N4/c1-5-24-19-30(24,4)27-16-15-25(18-26(27)28-8-6-7-17-31-28)34-20-29(32-33-34)23-13-11-22(12-14-23)10-9-21(2)3/h6-18,20,24H,2,5,19H2,1,3-4H3/b10-9+. The number of aromatic nitrogens is 4. The predicted molar refractivity (Wildman–Crippen MR) is 140 cm³/mol. The highest BCUT2D eigenvalue weighted by Gasteiger charge is 2.50. The molecule has 0 spiro atoms. The van der Waals surface area contributed by atoms with Crippen molar-refractivity contribution in [1.82, 2.24) is 20.0 Å². The fourth-order valence-corrected chi connectivity index (χ4v) is 4.81. The second-order valence-corrected chi connectivity index (χ2v) is 9.52. The average molecular weight is 447 g/mol. The lowest BCUT2D eigenvalue weighted by Crippen LogP contribution is -2.08. The van der Waals surface area contributed by atoms with Gasteiger partial charge in [-0.05, 0) is 60.1 Å². The fourth-order valence-electron chi connectivity index (χ4n) is 4.81. The molecular formula is C30H30N4. The van der Waals surface area contributed by atoms with Crippen LogP contribution in [0.5, 0.6) is 0 Å². The zero-order valence-electron chi connectivity index (χ0n) is 20.1. The summed E-state index contributed by atoms with van der Waals surface area (Å²) in [5, 5.41) is 8.88. The molecule has 5 rings (SSSR count). The smallest absolute Gasteiger partial charge is 0.113 e. The zero-order valence-corrected chi connectivity index (χ0v) is 20.1. The Kier molecular flexibility index (Phi) is 5.74. The number of allylic oxidation sites excluding steroid dienone is 2.